The Morgan fingerprint density at radius 3 is 2.22 bits per heavy atom. The standard InChI is InChI=1S/C38H52N6O5S2/c1-7-50-36(27(4)5)40-18-19-44(6)37(47)43-34(26(2)3)35(46)41-30(20-28-14-10-8-11-15-28)22-33(45)32(21-29-16-12-9-13-17-29)42-38(48)49-24-31-23-39-25-51-31/h7-17,23,25-27,30,32-34,45H,1,18-22,24H2,2-6H3,(H,41,46)(H,42,48)(H,43,47). The first-order valence-electron chi connectivity index (χ1n) is 17.2. The van der Waals surface area contributed by atoms with E-state index in [4.69, 9.17) is 4.74 Å². The van der Waals surface area contributed by atoms with Crippen LogP contribution in [0.25, 0.3) is 0 Å². The number of urea groups is 1. The number of aliphatic imine (C=N–C) groups is 1. The molecule has 0 aliphatic carbocycles. The van der Waals surface area contributed by atoms with E-state index in [9.17, 15) is 19.5 Å². The van der Waals surface area contributed by atoms with Gasteiger partial charge in [-0.15, -0.1) is 11.3 Å². The quantitative estimate of drug-likeness (QED) is 0.0866. The van der Waals surface area contributed by atoms with Crippen molar-refractivity contribution in [3.8, 4) is 0 Å². The molecule has 0 bridgehead atoms. The van der Waals surface area contributed by atoms with Gasteiger partial charge < -0.3 is 30.7 Å². The lowest BCUT2D eigenvalue weighted by molar-refractivity contribution is -0.124. The van der Waals surface area contributed by atoms with E-state index in [1.54, 1.807) is 24.2 Å². The predicted octanol–water partition coefficient (Wildman–Crippen LogP) is 6.06. The van der Waals surface area contributed by atoms with Crippen molar-refractivity contribution in [1.29, 1.82) is 0 Å². The fourth-order valence-electron chi connectivity index (χ4n) is 5.26. The van der Waals surface area contributed by atoms with Crippen LogP contribution in [0.3, 0.4) is 0 Å². The number of likely N-dealkylation sites (N-methyl/N-ethyl adjacent to an activating group) is 1. The highest BCUT2D eigenvalue weighted by atomic mass is 32.2. The lowest BCUT2D eigenvalue weighted by Crippen LogP contribution is -2.56. The largest absolute Gasteiger partial charge is 0.444 e. The van der Waals surface area contributed by atoms with Crippen LogP contribution >= 0.6 is 23.1 Å². The number of ether oxygens (including phenoxy) is 1. The molecule has 0 aliphatic rings. The minimum absolute atomic E-state index is 0.0649. The highest BCUT2D eigenvalue weighted by molar-refractivity contribution is 8.16. The number of aliphatic hydroxyl groups is 1. The average molecular weight is 737 g/mol. The Kier molecular flexibility index (Phi) is 17.7. The van der Waals surface area contributed by atoms with Crippen LogP contribution < -0.4 is 16.0 Å². The Morgan fingerprint density at radius 1 is 1.00 bits per heavy atom. The van der Waals surface area contributed by atoms with E-state index in [0.717, 1.165) is 21.0 Å². The molecule has 1 aromatic heterocycles. The zero-order chi connectivity index (χ0) is 37.2. The lowest BCUT2D eigenvalue weighted by atomic mass is 9.93. The smallest absolute Gasteiger partial charge is 0.407 e. The number of thiazole rings is 1. The first-order chi connectivity index (χ1) is 24.5. The van der Waals surface area contributed by atoms with Gasteiger partial charge in [-0.1, -0.05) is 107 Å². The summed E-state index contributed by atoms with van der Waals surface area (Å²) in [6, 6.07) is 16.8. The summed E-state index contributed by atoms with van der Waals surface area (Å²) in [6.07, 6.45) is 0.821. The maximum atomic E-state index is 13.9. The second-order valence-corrected chi connectivity index (χ2v) is 14.9. The molecule has 1 heterocycles. The van der Waals surface area contributed by atoms with E-state index >= 15 is 0 Å². The molecule has 0 aliphatic heterocycles. The summed E-state index contributed by atoms with van der Waals surface area (Å²) in [5, 5.41) is 23.2. The van der Waals surface area contributed by atoms with Crippen molar-refractivity contribution in [3.05, 3.63) is 100 Å². The second kappa shape index (κ2) is 21.9. The number of aromatic nitrogens is 1. The van der Waals surface area contributed by atoms with Crippen LogP contribution in [-0.4, -0.2) is 82.4 Å². The number of nitrogens with zero attached hydrogens (tertiary/aromatic N) is 3. The predicted molar refractivity (Wildman–Crippen MR) is 207 cm³/mol. The van der Waals surface area contributed by atoms with Gasteiger partial charge in [-0.25, -0.2) is 9.59 Å². The molecule has 4 atom stereocenters. The van der Waals surface area contributed by atoms with Crippen LogP contribution in [0.1, 0.15) is 50.1 Å². The Balaban J connectivity index is 1.73. The SMILES string of the molecule is C=CSC(=NCCN(C)C(=O)NC(C(=O)NC(Cc1ccccc1)CC(O)C(Cc1ccccc1)NC(=O)OCc1cncs1)C(C)C)C(C)C. The molecule has 3 rings (SSSR count). The number of nitrogens with one attached hydrogen (secondary N) is 3. The third-order valence-electron chi connectivity index (χ3n) is 8.07. The van der Waals surface area contributed by atoms with Crippen molar-refractivity contribution in [2.45, 2.75) is 77.8 Å². The summed E-state index contributed by atoms with van der Waals surface area (Å²) < 4.78 is 5.42. The van der Waals surface area contributed by atoms with Crippen molar-refractivity contribution in [1.82, 2.24) is 25.8 Å². The number of benzene rings is 2. The zero-order valence-electron chi connectivity index (χ0n) is 30.2. The van der Waals surface area contributed by atoms with Gasteiger partial charge in [0.1, 0.15) is 12.6 Å². The minimum atomic E-state index is -1.05. The van der Waals surface area contributed by atoms with E-state index in [1.165, 1.54) is 28.0 Å². The molecule has 3 aromatic rings. The fraction of sp³-hybridized carbons (Fsp3) is 0.447. The first kappa shape index (κ1) is 41.2. The topological polar surface area (TPSA) is 145 Å². The minimum Gasteiger partial charge on any atom is -0.444 e. The molecule has 0 saturated heterocycles. The number of thioether (sulfide) groups is 1. The Morgan fingerprint density at radius 2 is 1.65 bits per heavy atom. The van der Waals surface area contributed by atoms with Gasteiger partial charge in [-0.05, 0) is 41.7 Å². The number of hydrogen-bond donors (Lipinski definition) is 4. The number of aliphatic hydroxyl groups excluding tert-OH is 1. The third-order valence-corrected chi connectivity index (χ3v) is 9.83. The Hall–Kier alpha value is -4.20. The number of carbonyl (C=O) groups excluding carboxylic acids is 3. The summed E-state index contributed by atoms with van der Waals surface area (Å²) in [5.41, 5.74) is 3.55. The Bertz CT molecular complexity index is 1520. The molecule has 13 heteroatoms. The molecule has 276 valence electrons. The van der Waals surface area contributed by atoms with Crippen molar-refractivity contribution < 1.29 is 24.2 Å². The van der Waals surface area contributed by atoms with Gasteiger partial charge in [-0.3, -0.25) is 14.8 Å². The monoisotopic (exact) mass is 736 g/mol. The third kappa shape index (κ3) is 14.9. The maximum absolute atomic E-state index is 13.9. The molecule has 11 nitrogen and oxygen atoms in total. The first-order valence-corrected chi connectivity index (χ1v) is 18.9. The number of amides is 4. The molecule has 51 heavy (non-hydrogen) atoms. The Labute approximate surface area is 310 Å². The molecule has 4 N–H and O–H groups in total. The second-order valence-electron chi connectivity index (χ2n) is 12.9. The molecule has 0 fully saturated rings. The number of hydrogen-bond acceptors (Lipinski definition) is 9. The molecule has 4 unspecified atom stereocenters. The van der Waals surface area contributed by atoms with E-state index in [0.29, 0.717) is 25.9 Å². The molecule has 2 aromatic carbocycles. The van der Waals surface area contributed by atoms with Crippen LogP contribution in [0.15, 0.2) is 89.4 Å². The summed E-state index contributed by atoms with van der Waals surface area (Å²) in [5.74, 6) is -0.338. The van der Waals surface area contributed by atoms with Crippen molar-refractivity contribution in [3.63, 3.8) is 0 Å². The van der Waals surface area contributed by atoms with Crippen LogP contribution in [0.5, 0.6) is 0 Å². The summed E-state index contributed by atoms with van der Waals surface area (Å²) in [6.45, 7) is 12.5. The van der Waals surface area contributed by atoms with Gasteiger partial charge >= 0.3 is 12.1 Å². The highest BCUT2D eigenvalue weighted by Crippen LogP contribution is 2.16. The van der Waals surface area contributed by atoms with Gasteiger partial charge in [-0.2, -0.15) is 0 Å². The average Bonchev–Trinajstić information content (AvgIpc) is 3.63. The van der Waals surface area contributed by atoms with E-state index in [1.807, 2.05) is 74.5 Å². The molecule has 0 spiro atoms. The van der Waals surface area contributed by atoms with Crippen LogP contribution in [0.2, 0.25) is 0 Å². The van der Waals surface area contributed by atoms with E-state index < -0.39 is 30.3 Å². The van der Waals surface area contributed by atoms with Gasteiger partial charge in [0, 0.05) is 31.7 Å². The number of carbonyl (C=O) groups is 3. The maximum Gasteiger partial charge on any atom is 0.407 e. The number of rotatable bonds is 19. The molecule has 4 amide bonds. The van der Waals surface area contributed by atoms with Crippen LogP contribution in [0, 0.1) is 11.8 Å². The van der Waals surface area contributed by atoms with Gasteiger partial charge in [0.15, 0.2) is 0 Å². The van der Waals surface area contributed by atoms with E-state index in [2.05, 4.69) is 46.4 Å². The van der Waals surface area contributed by atoms with Gasteiger partial charge in [0.25, 0.3) is 0 Å². The van der Waals surface area contributed by atoms with Gasteiger partial charge in [0.05, 0.1) is 34.1 Å². The van der Waals surface area contributed by atoms with Crippen LogP contribution in [-0.2, 0) is 29.0 Å². The molecular formula is C38H52N6O5S2. The summed E-state index contributed by atoms with van der Waals surface area (Å²) in [7, 11) is 1.67. The molecular weight excluding hydrogens is 685 g/mol. The fourth-order valence-corrected chi connectivity index (χ4v) is 6.38. The van der Waals surface area contributed by atoms with Gasteiger partial charge in [0.2, 0.25) is 5.91 Å². The lowest BCUT2D eigenvalue weighted by Gasteiger charge is -2.30. The molecule has 0 radical (unpaired) electrons. The van der Waals surface area contributed by atoms with Crippen molar-refractivity contribution in [2.24, 2.45) is 16.8 Å². The van der Waals surface area contributed by atoms with E-state index in [-0.39, 0.29) is 36.8 Å². The van der Waals surface area contributed by atoms with Crippen molar-refractivity contribution in [2.75, 3.05) is 20.1 Å². The zero-order valence-corrected chi connectivity index (χ0v) is 31.8. The normalized spacial score (nSPS) is 13.9. The van der Waals surface area contributed by atoms with Crippen LogP contribution in [0.4, 0.5) is 9.59 Å². The molecule has 0 saturated carbocycles. The summed E-state index contributed by atoms with van der Waals surface area (Å²) in [4.78, 5) is 50.9. The number of alkyl carbamates (subject to hydrolysis) is 1. The van der Waals surface area contributed by atoms with Crippen molar-refractivity contribution >= 4 is 46.2 Å². The highest BCUT2D eigenvalue weighted by Gasteiger charge is 2.30. The summed E-state index contributed by atoms with van der Waals surface area (Å²) >= 11 is 2.86.